The normalized spacial score (nSPS) is 10.7. The Morgan fingerprint density at radius 2 is 2.17 bits per heavy atom. The van der Waals surface area contributed by atoms with Crippen LogP contribution in [0.4, 0.5) is 4.39 Å². The van der Waals surface area contributed by atoms with E-state index < -0.39 is 0 Å². The molecular weight excluding hydrogens is 301 g/mol. The van der Waals surface area contributed by atoms with Gasteiger partial charge in [0.15, 0.2) is 0 Å². The maximum atomic E-state index is 13.0. The molecule has 0 aliphatic carbocycles. The average Bonchev–Trinajstić information content (AvgIpc) is 2.31. The monoisotopic (exact) mass is 317 g/mol. The highest BCUT2D eigenvalue weighted by Crippen LogP contribution is 2.19. The van der Waals surface area contributed by atoms with Gasteiger partial charge in [-0.2, -0.15) is 0 Å². The van der Waals surface area contributed by atoms with Crippen LogP contribution in [0.15, 0.2) is 22.7 Å². The van der Waals surface area contributed by atoms with E-state index in [2.05, 4.69) is 15.9 Å². The summed E-state index contributed by atoms with van der Waals surface area (Å²) in [7, 11) is 0. The molecular formula is C13H17BrFNO2. The number of likely N-dealkylation sites (N-methyl/N-ethyl adjacent to an activating group) is 1. The third-order valence-electron chi connectivity index (χ3n) is 2.51. The first-order chi connectivity index (χ1) is 8.56. The first-order valence-electron chi connectivity index (χ1n) is 5.88. The average molecular weight is 318 g/mol. The van der Waals surface area contributed by atoms with Gasteiger partial charge in [-0.05, 0) is 31.2 Å². The van der Waals surface area contributed by atoms with Crippen molar-refractivity contribution in [2.75, 3.05) is 19.7 Å². The predicted molar refractivity (Wildman–Crippen MR) is 71.7 cm³/mol. The van der Waals surface area contributed by atoms with Gasteiger partial charge in [-0.15, -0.1) is 0 Å². The van der Waals surface area contributed by atoms with E-state index >= 15 is 0 Å². The van der Waals surface area contributed by atoms with Crippen molar-refractivity contribution in [3.63, 3.8) is 0 Å². The molecule has 1 aromatic rings. The second-order valence-electron chi connectivity index (χ2n) is 3.84. The third kappa shape index (κ3) is 4.74. The van der Waals surface area contributed by atoms with Gasteiger partial charge in [0, 0.05) is 11.0 Å². The molecule has 0 saturated heterocycles. The first-order valence-corrected chi connectivity index (χ1v) is 6.68. The van der Waals surface area contributed by atoms with Crippen LogP contribution in [0.25, 0.3) is 0 Å². The summed E-state index contributed by atoms with van der Waals surface area (Å²) in [5.41, 5.74) is 0.947. The largest absolute Gasteiger partial charge is 0.465 e. The molecule has 0 unspecified atom stereocenters. The second-order valence-corrected chi connectivity index (χ2v) is 4.70. The maximum Gasteiger partial charge on any atom is 0.320 e. The summed E-state index contributed by atoms with van der Waals surface area (Å²) in [6.45, 7) is 5.69. The number of ether oxygens (including phenoxy) is 1. The molecule has 0 atom stereocenters. The quantitative estimate of drug-likeness (QED) is 0.755. The molecule has 1 aromatic carbocycles. The van der Waals surface area contributed by atoms with Crippen molar-refractivity contribution in [1.29, 1.82) is 0 Å². The summed E-state index contributed by atoms with van der Waals surface area (Å²) < 4.78 is 18.6. The predicted octanol–water partition coefficient (Wildman–Crippen LogP) is 2.97. The lowest BCUT2D eigenvalue weighted by atomic mass is 10.2. The lowest BCUT2D eigenvalue weighted by Gasteiger charge is -2.20. The van der Waals surface area contributed by atoms with Crippen LogP contribution >= 0.6 is 15.9 Å². The van der Waals surface area contributed by atoms with Crippen molar-refractivity contribution in [2.24, 2.45) is 0 Å². The van der Waals surface area contributed by atoms with Crippen LogP contribution in [0.2, 0.25) is 0 Å². The van der Waals surface area contributed by atoms with Crippen molar-refractivity contribution in [2.45, 2.75) is 20.4 Å². The Morgan fingerprint density at radius 1 is 1.44 bits per heavy atom. The smallest absolute Gasteiger partial charge is 0.320 e. The Kier molecular flexibility index (Phi) is 6.29. The highest BCUT2D eigenvalue weighted by atomic mass is 79.9. The lowest BCUT2D eigenvalue weighted by Crippen LogP contribution is -2.30. The zero-order valence-corrected chi connectivity index (χ0v) is 12.2. The van der Waals surface area contributed by atoms with Gasteiger partial charge in [-0.3, -0.25) is 9.69 Å². The minimum atomic E-state index is -0.279. The Hall–Kier alpha value is -0.940. The highest BCUT2D eigenvalue weighted by Gasteiger charge is 2.12. The second kappa shape index (κ2) is 7.48. The van der Waals surface area contributed by atoms with Gasteiger partial charge in [-0.25, -0.2) is 4.39 Å². The fraction of sp³-hybridized carbons (Fsp3) is 0.462. The Balaban J connectivity index is 2.65. The highest BCUT2D eigenvalue weighted by molar-refractivity contribution is 9.10. The number of carbonyl (C=O) groups is 1. The molecule has 5 heteroatoms. The summed E-state index contributed by atoms with van der Waals surface area (Å²) in [6, 6.07) is 4.55. The van der Waals surface area contributed by atoms with E-state index in [4.69, 9.17) is 4.74 Å². The van der Waals surface area contributed by atoms with Gasteiger partial charge in [0.2, 0.25) is 0 Å². The molecule has 0 N–H and O–H groups in total. The minimum absolute atomic E-state index is 0.238. The molecule has 0 fully saturated rings. The van der Waals surface area contributed by atoms with Gasteiger partial charge in [0.1, 0.15) is 5.82 Å². The van der Waals surface area contributed by atoms with E-state index in [1.807, 2.05) is 11.8 Å². The number of halogens is 2. The van der Waals surface area contributed by atoms with Crippen LogP contribution in [0.3, 0.4) is 0 Å². The number of nitrogens with zero attached hydrogens (tertiary/aromatic N) is 1. The molecule has 0 aromatic heterocycles. The third-order valence-corrected chi connectivity index (χ3v) is 3.25. The minimum Gasteiger partial charge on any atom is -0.465 e. The fourth-order valence-electron chi connectivity index (χ4n) is 1.56. The summed E-state index contributed by atoms with van der Waals surface area (Å²) >= 11 is 3.32. The summed E-state index contributed by atoms with van der Waals surface area (Å²) in [6.07, 6.45) is 0. The molecule has 1 rings (SSSR count). The molecule has 0 heterocycles. The number of benzene rings is 1. The molecule has 0 saturated carbocycles. The van der Waals surface area contributed by atoms with Crippen LogP contribution in [-0.4, -0.2) is 30.6 Å². The van der Waals surface area contributed by atoms with Gasteiger partial charge < -0.3 is 4.74 Å². The van der Waals surface area contributed by atoms with Crippen LogP contribution in [-0.2, 0) is 16.1 Å². The van der Waals surface area contributed by atoms with E-state index in [-0.39, 0.29) is 18.3 Å². The van der Waals surface area contributed by atoms with Crippen molar-refractivity contribution in [1.82, 2.24) is 4.90 Å². The van der Waals surface area contributed by atoms with E-state index in [0.29, 0.717) is 17.6 Å². The van der Waals surface area contributed by atoms with E-state index in [1.165, 1.54) is 12.1 Å². The van der Waals surface area contributed by atoms with Gasteiger partial charge >= 0.3 is 5.97 Å². The van der Waals surface area contributed by atoms with Crippen molar-refractivity contribution in [3.8, 4) is 0 Å². The number of hydrogen-bond donors (Lipinski definition) is 0. The van der Waals surface area contributed by atoms with E-state index in [0.717, 1.165) is 12.1 Å². The number of hydrogen-bond acceptors (Lipinski definition) is 3. The lowest BCUT2D eigenvalue weighted by molar-refractivity contribution is -0.144. The Labute approximate surface area is 115 Å². The molecule has 0 spiro atoms. The number of rotatable bonds is 6. The van der Waals surface area contributed by atoms with Crippen LogP contribution in [0, 0.1) is 5.82 Å². The number of carbonyl (C=O) groups excluding carboxylic acids is 1. The molecule has 0 aliphatic heterocycles. The molecule has 100 valence electrons. The maximum absolute atomic E-state index is 13.0. The van der Waals surface area contributed by atoms with Crippen molar-refractivity contribution >= 4 is 21.9 Å². The molecule has 0 bridgehead atoms. The fourth-order valence-corrected chi connectivity index (χ4v) is 2.04. The van der Waals surface area contributed by atoms with E-state index in [9.17, 15) is 9.18 Å². The molecule has 0 amide bonds. The van der Waals surface area contributed by atoms with Gasteiger partial charge in [0.25, 0.3) is 0 Å². The summed E-state index contributed by atoms with van der Waals surface area (Å²) in [5.74, 6) is -0.517. The zero-order valence-electron chi connectivity index (χ0n) is 10.6. The summed E-state index contributed by atoms with van der Waals surface area (Å²) in [5, 5.41) is 0. The molecule has 0 aliphatic rings. The van der Waals surface area contributed by atoms with Crippen molar-refractivity contribution in [3.05, 3.63) is 34.1 Å². The van der Waals surface area contributed by atoms with E-state index in [1.54, 1.807) is 13.0 Å². The van der Waals surface area contributed by atoms with Gasteiger partial charge in [0.05, 0.1) is 13.2 Å². The molecule has 3 nitrogen and oxygen atoms in total. The Morgan fingerprint density at radius 3 is 2.72 bits per heavy atom. The van der Waals surface area contributed by atoms with Gasteiger partial charge in [-0.1, -0.05) is 28.9 Å². The topological polar surface area (TPSA) is 29.5 Å². The Bertz CT molecular complexity index is 412. The molecule has 0 radical (unpaired) electrons. The molecule has 18 heavy (non-hydrogen) atoms. The van der Waals surface area contributed by atoms with Crippen LogP contribution in [0.1, 0.15) is 19.4 Å². The van der Waals surface area contributed by atoms with Crippen LogP contribution in [0.5, 0.6) is 0 Å². The zero-order chi connectivity index (χ0) is 13.5. The first kappa shape index (κ1) is 15.1. The standard InChI is InChI=1S/C13H17BrFNO2/c1-3-16(9-13(17)18-4-2)8-10-5-6-11(15)7-12(10)14/h5-7H,3-4,8-9H2,1-2H3. The van der Waals surface area contributed by atoms with Crippen molar-refractivity contribution < 1.29 is 13.9 Å². The number of esters is 1. The van der Waals surface area contributed by atoms with Crippen LogP contribution < -0.4 is 0 Å². The SMILES string of the molecule is CCOC(=O)CN(CC)Cc1ccc(F)cc1Br. The summed E-state index contributed by atoms with van der Waals surface area (Å²) in [4.78, 5) is 13.3.